The molecule has 1 saturated heterocycles. The van der Waals surface area contributed by atoms with Gasteiger partial charge in [-0.1, -0.05) is 36.4 Å². The largest absolute Gasteiger partial charge is 0.480 e. The van der Waals surface area contributed by atoms with Crippen LogP contribution in [0.25, 0.3) is 0 Å². The van der Waals surface area contributed by atoms with Crippen LogP contribution >= 0.6 is 0 Å². The van der Waals surface area contributed by atoms with Crippen molar-refractivity contribution >= 4 is 23.7 Å². The third-order valence-corrected chi connectivity index (χ3v) is 7.07. The minimum Gasteiger partial charge on any atom is -0.480 e. The van der Waals surface area contributed by atoms with Crippen molar-refractivity contribution in [1.29, 1.82) is 0 Å². The number of nitrogens with zero attached hydrogens (tertiary/aromatic N) is 1. The number of aliphatic carboxylic acids is 1. The average molecular weight is 507 g/mol. The second kappa shape index (κ2) is 12.5. The topological polar surface area (TPSA) is 128 Å². The van der Waals surface area contributed by atoms with E-state index in [-0.39, 0.29) is 31.2 Å². The lowest BCUT2D eigenvalue weighted by Crippen LogP contribution is -2.43. The van der Waals surface area contributed by atoms with Gasteiger partial charge < -0.3 is 26.0 Å². The molecule has 0 radical (unpaired) electrons. The predicted molar refractivity (Wildman–Crippen MR) is 138 cm³/mol. The quantitative estimate of drug-likeness (QED) is 0.369. The highest BCUT2D eigenvalue weighted by atomic mass is 16.4. The number of amides is 3. The third kappa shape index (κ3) is 7.16. The zero-order valence-electron chi connectivity index (χ0n) is 20.9. The van der Waals surface area contributed by atoms with Gasteiger partial charge in [-0.2, -0.15) is 0 Å². The molecule has 0 unspecified atom stereocenters. The van der Waals surface area contributed by atoms with Crippen molar-refractivity contribution in [3.8, 4) is 0 Å². The second-order valence-electron chi connectivity index (χ2n) is 9.73. The molecule has 9 heteroatoms. The number of carboxylic acids is 1. The summed E-state index contributed by atoms with van der Waals surface area (Å²) in [4.78, 5) is 51.3. The summed E-state index contributed by atoms with van der Waals surface area (Å²) in [7, 11) is 0. The van der Waals surface area contributed by atoms with Crippen molar-refractivity contribution in [1.82, 2.24) is 20.9 Å². The Morgan fingerprint density at radius 1 is 1.08 bits per heavy atom. The van der Waals surface area contributed by atoms with Gasteiger partial charge >= 0.3 is 5.97 Å². The number of fused-ring (bicyclic) bond motifs is 1. The minimum absolute atomic E-state index is 0.0453. The van der Waals surface area contributed by atoms with E-state index in [0.717, 1.165) is 50.0 Å². The number of hydrogen-bond acceptors (Lipinski definition) is 5. The van der Waals surface area contributed by atoms with Gasteiger partial charge in [-0.3, -0.25) is 14.4 Å². The van der Waals surface area contributed by atoms with Gasteiger partial charge in [0.05, 0.1) is 0 Å². The first kappa shape index (κ1) is 26.3. The van der Waals surface area contributed by atoms with E-state index in [1.807, 2.05) is 29.2 Å². The molecule has 2 aliphatic rings. The van der Waals surface area contributed by atoms with Crippen LogP contribution in [0.1, 0.15) is 57.5 Å². The molecule has 0 aromatic heterocycles. The lowest BCUT2D eigenvalue weighted by atomic mass is 9.94. The molecular weight excluding hydrogens is 472 g/mol. The molecule has 4 rings (SSSR count). The molecule has 3 amide bonds. The lowest BCUT2D eigenvalue weighted by molar-refractivity contribution is -0.141. The first-order valence-corrected chi connectivity index (χ1v) is 12.9. The van der Waals surface area contributed by atoms with Gasteiger partial charge in [0.1, 0.15) is 6.04 Å². The zero-order chi connectivity index (χ0) is 26.2. The molecule has 0 bridgehead atoms. The van der Waals surface area contributed by atoms with Crippen LogP contribution in [0.4, 0.5) is 0 Å². The summed E-state index contributed by atoms with van der Waals surface area (Å²) in [5.41, 5.74) is 2.64. The fourth-order valence-corrected chi connectivity index (χ4v) is 4.90. The molecule has 196 valence electrons. The molecule has 2 aromatic rings. The lowest BCUT2D eigenvalue weighted by Gasteiger charge is -2.25. The van der Waals surface area contributed by atoms with Gasteiger partial charge in [0, 0.05) is 43.6 Å². The number of nitrogens with one attached hydrogen (secondary N) is 3. The highest BCUT2D eigenvalue weighted by Gasteiger charge is 2.29. The normalized spacial score (nSPS) is 16.2. The van der Waals surface area contributed by atoms with Crippen LogP contribution in [0, 0.1) is 5.92 Å². The molecule has 0 spiro atoms. The molecular formula is C28H34N4O5. The number of hydrogen-bond donors (Lipinski definition) is 4. The van der Waals surface area contributed by atoms with Crippen LogP contribution in [-0.4, -0.2) is 65.9 Å². The Morgan fingerprint density at radius 3 is 2.57 bits per heavy atom. The predicted octanol–water partition coefficient (Wildman–Crippen LogP) is 1.96. The maximum atomic E-state index is 12.9. The molecule has 0 saturated carbocycles. The minimum atomic E-state index is -1.12. The Bertz CT molecular complexity index is 1130. The number of benzene rings is 2. The van der Waals surface area contributed by atoms with Crippen LogP contribution in [0.2, 0.25) is 0 Å². The molecule has 2 aromatic carbocycles. The fourth-order valence-electron chi connectivity index (χ4n) is 4.90. The summed E-state index contributed by atoms with van der Waals surface area (Å²) in [5, 5.41) is 18.0. The number of carboxylic acid groups (broad SMARTS) is 1. The van der Waals surface area contributed by atoms with Gasteiger partial charge in [-0.05, 0) is 61.5 Å². The SMILES string of the molecule is O=C(CCNC(=O)c1ccc2c(c1)C(=O)N(CCC1CCNCC1)C2)N[C@@H](Cc1ccccc1)C(=O)O. The van der Waals surface area contributed by atoms with Gasteiger partial charge in [0.15, 0.2) is 0 Å². The number of piperidine rings is 1. The Kier molecular flexibility index (Phi) is 8.90. The molecule has 37 heavy (non-hydrogen) atoms. The van der Waals surface area contributed by atoms with E-state index in [1.54, 1.807) is 24.3 Å². The Labute approximate surface area is 216 Å². The zero-order valence-corrected chi connectivity index (χ0v) is 20.9. The molecule has 2 heterocycles. The highest BCUT2D eigenvalue weighted by molar-refractivity contribution is 6.02. The van der Waals surface area contributed by atoms with E-state index < -0.39 is 17.9 Å². The van der Waals surface area contributed by atoms with Crippen LogP contribution in [0.3, 0.4) is 0 Å². The molecule has 4 N–H and O–H groups in total. The van der Waals surface area contributed by atoms with Crippen molar-refractivity contribution in [2.45, 2.75) is 44.7 Å². The molecule has 9 nitrogen and oxygen atoms in total. The van der Waals surface area contributed by atoms with Crippen molar-refractivity contribution < 1.29 is 24.3 Å². The van der Waals surface area contributed by atoms with Crippen molar-refractivity contribution in [3.63, 3.8) is 0 Å². The molecule has 1 fully saturated rings. The van der Waals surface area contributed by atoms with Crippen LogP contribution < -0.4 is 16.0 Å². The third-order valence-electron chi connectivity index (χ3n) is 7.07. The van der Waals surface area contributed by atoms with E-state index in [9.17, 15) is 24.3 Å². The van der Waals surface area contributed by atoms with Crippen molar-refractivity contribution in [2.75, 3.05) is 26.2 Å². The summed E-state index contributed by atoms with van der Waals surface area (Å²) in [6.07, 6.45) is 3.39. The van der Waals surface area contributed by atoms with E-state index in [4.69, 9.17) is 0 Å². The summed E-state index contributed by atoms with van der Waals surface area (Å²) in [5.74, 6) is -1.36. The van der Waals surface area contributed by atoms with E-state index >= 15 is 0 Å². The van der Waals surface area contributed by atoms with Crippen molar-refractivity contribution in [2.24, 2.45) is 5.92 Å². The number of carbonyl (C=O) groups excluding carboxylic acids is 3. The average Bonchev–Trinajstić information content (AvgIpc) is 3.22. The summed E-state index contributed by atoms with van der Waals surface area (Å²) < 4.78 is 0. The van der Waals surface area contributed by atoms with Crippen molar-refractivity contribution in [3.05, 3.63) is 70.8 Å². The highest BCUT2D eigenvalue weighted by Crippen LogP contribution is 2.26. The Hall–Kier alpha value is -3.72. The van der Waals surface area contributed by atoms with Gasteiger partial charge in [-0.25, -0.2) is 4.79 Å². The van der Waals surface area contributed by atoms with Gasteiger partial charge in [-0.15, -0.1) is 0 Å². The summed E-state index contributed by atoms with van der Waals surface area (Å²) in [6, 6.07) is 13.1. The van der Waals surface area contributed by atoms with Gasteiger partial charge in [0.25, 0.3) is 11.8 Å². The van der Waals surface area contributed by atoms with Gasteiger partial charge in [0.2, 0.25) is 5.91 Å². The summed E-state index contributed by atoms with van der Waals surface area (Å²) >= 11 is 0. The van der Waals surface area contributed by atoms with E-state index in [0.29, 0.717) is 23.6 Å². The van der Waals surface area contributed by atoms with E-state index in [1.165, 1.54) is 0 Å². The smallest absolute Gasteiger partial charge is 0.326 e. The fraction of sp³-hybridized carbons (Fsp3) is 0.429. The monoisotopic (exact) mass is 506 g/mol. The number of rotatable bonds is 11. The Morgan fingerprint density at radius 2 is 1.84 bits per heavy atom. The maximum Gasteiger partial charge on any atom is 0.326 e. The standard InChI is InChI=1S/C28H34N4O5/c33-25(31-24(28(36)37)16-20-4-2-1-3-5-20)10-14-30-26(34)21-6-7-22-18-32(27(35)23(22)17-21)15-11-19-8-12-29-13-9-19/h1-7,17,19,24,29H,8-16,18H2,(H,30,34)(H,31,33)(H,36,37)/t24-/m0/s1. The van der Waals surface area contributed by atoms with Crippen LogP contribution in [0.5, 0.6) is 0 Å². The number of carbonyl (C=O) groups is 4. The first-order valence-electron chi connectivity index (χ1n) is 12.9. The summed E-state index contributed by atoms with van der Waals surface area (Å²) in [6.45, 7) is 3.40. The maximum absolute atomic E-state index is 12.9. The van der Waals surface area contributed by atoms with Crippen LogP contribution in [0.15, 0.2) is 48.5 Å². The van der Waals surface area contributed by atoms with Crippen LogP contribution in [-0.2, 0) is 22.6 Å². The second-order valence-corrected chi connectivity index (χ2v) is 9.73. The molecule has 1 atom stereocenters. The molecule has 0 aliphatic carbocycles. The first-order chi connectivity index (χ1) is 17.9. The Balaban J connectivity index is 1.24. The van der Waals surface area contributed by atoms with E-state index in [2.05, 4.69) is 16.0 Å². The molecule has 2 aliphatic heterocycles.